The minimum absolute atomic E-state index is 0.0988. The molecule has 4 rings (SSSR count). The summed E-state index contributed by atoms with van der Waals surface area (Å²) in [5.41, 5.74) is 2.79. The lowest BCUT2D eigenvalue weighted by Crippen LogP contribution is -2.57. The van der Waals surface area contributed by atoms with Crippen LogP contribution >= 0.6 is 0 Å². The lowest BCUT2D eigenvalue weighted by molar-refractivity contribution is -0.135. The molecule has 1 aromatic rings. The van der Waals surface area contributed by atoms with Gasteiger partial charge in [0.1, 0.15) is 12.1 Å². The van der Waals surface area contributed by atoms with Crippen molar-refractivity contribution in [2.24, 2.45) is 0 Å². The largest absolute Gasteiger partial charge is 0.445 e. The van der Waals surface area contributed by atoms with Gasteiger partial charge in [-0.3, -0.25) is 19.7 Å². The van der Waals surface area contributed by atoms with Crippen molar-refractivity contribution in [3.8, 4) is 0 Å². The molecule has 3 aliphatic heterocycles. The van der Waals surface area contributed by atoms with Gasteiger partial charge >= 0.3 is 6.09 Å². The topological polar surface area (TPSA) is 114 Å². The second-order valence-electron chi connectivity index (χ2n) is 8.52. The van der Waals surface area contributed by atoms with Gasteiger partial charge in [0, 0.05) is 45.0 Å². The van der Waals surface area contributed by atoms with Crippen LogP contribution in [0.5, 0.6) is 0 Å². The van der Waals surface area contributed by atoms with Crippen LogP contribution in [0.1, 0.15) is 25.7 Å². The molecular formula is C22H31N5O5. The van der Waals surface area contributed by atoms with Crippen molar-refractivity contribution in [3.05, 3.63) is 30.3 Å². The molecule has 3 fully saturated rings. The normalized spacial score (nSPS) is 26.0. The smallest absolute Gasteiger partial charge is 0.410 e. The molecule has 10 nitrogen and oxygen atoms in total. The summed E-state index contributed by atoms with van der Waals surface area (Å²) in [6.07, 6.45) is 1.47. The van der Waals surface area contributed by atoms with Crippen molar-refractivity contribution in [1.29, 1.82) is 0 Å². The molecule has 0 bridgehead atoms. The number of carbonyl (C=O) groups is 3. The Labute approximate surface area is 187 Å². The van der Waals surface area contributed by atoms with E-state index in [0.29, 0.717) is 51.9 Å². The Bertz CT molecular complexity index is 806. The van der Waals surface area contributed by atoms with Crippen LogP contribution in [-0.2, 0) is 14.3 Å². The number of benzene rings is 1. The molecule has 3 heterocycles. The number of nitrogens with zero attached hydrogens (tertiary/aromatic N) is 3. The predicted octanol–water partition coefficient (Wildman–Crippen LogP) is 0.562. The standard InChI is InChI=1S/C22H31N5O5/c28-20(24-31)19-7-4-10-27(19)22(30)32-17-8-9-18(23-15-17)21(29)26-13-11-25(12-14-26)16-5-2-1-3-6-16/h1-3,5-6,17-19,23,31H,4,7-15H2,(H,24,28)/t17?,18-,19-/m0/s1. The maximum atomic E-state index is 12.9. The Morgan fingerprint density at radius 2 is 1.75 bits per heavy atom. The van der Waals surface area contributed by atoms with Crippen LogP contribution in [0.25, 0.3) is 0 Å². The fourth-order valence-corrected chi connectivity index (χ4v) is 4.73. The zero-order valence-corrected chi connectivity index (χ0v) is 18.1. The first kappa shape index (κ1) is 22.3. The summed E-state index contributed by atoms with van der Waals surface area (Å²) in [6, 6.07) is 9.24. The van der Waals surface area contributed by atoms with Gasteiger partial charge in [0.15, 0.2) is 0 Å². The quantitative estimate of drug-likeness (QED) is 0.458. The monoisotopic (exact) mass is 445 g/mol. The number of piperazine rings is 1. The third-order valence-corrected chi connectivity index (χ3v) is 6.55. The second-order valence-corrected chi connectivity index (χ2v) is 8.52. The van der Waals surface area contributed by atoms with Gasteiger partial charge in [-0.05, 0) is 37.8 Å². The number of rotatable bonds is 4. The lowest BCUT2D eigenvalue weighted by atomic mass is 10.0. The van der Waals surface area contributed by atoms with Crippen molar-refractivity contribution in [2.45, 2.75) is 43.9 Å². The van der Waals surface area contributed by atoms with E-state index in [2.05, 4.69) is 22.3 Å². The molecule has 3 saturated heterocycles. The van der Waals surface area contributed by atoms with E-state index in [-0.39, 0.29) is 18.1 Å². The minimum Gasteiger partial charge on any atom is -0.445 e. The number of hydroxylamine groups is 1. The maximum Gasteiger partial charge on any atom is 0.410 e. The number of nitrogens with one attached hydrogen (secondary N) is 2. The van der Waals surface area contributed by atoms with Crippen molar-refractivity contribution >= 4 is 23.6 Å². The van der Waals surface area contributed by atoms with E-state index in [4.69, 9.17) is 9.94 Å². The summed E-state index contributed by atoms with van der Waals surface area (Å²) < 4.78 is 5.57. The molecule has 1 aromatic carbocycles. The number of hydrogen-bond donors (Lipinski definition) is 3. The number of carbonyl (C=O) groups excluding carboxylic acids is 3. The van der Waals surface area contributed by atoms with Gasteiger partial charge in [-0.2, -0.15) is 0 Å². The van der Waals surface area contributed by atoms with E-state index in [0.717, 1.165) is 13.1 Å². The lowest BCUT2D eigenvalue weighted by Gasteiger charge is -2.39. The van der Waals surface area contributed by atoms with Gasteiger partial charge in [0.05, 0.1) is 6.04 Å². The number of amides is 3. The number of likely N-dealkylation sites (tertiary alicyclic amines) is 1. The van der Waals surface area contributed by atoms with Gasteiger partial charge in [0.25, 0.3) is 5.91 Å². The zero-order chi connectivity index (χ0) is 22.5. The Morgan fingerprint density at radius 1 is 1.00 bits per heavy atom. The van der Waals surface area contributed by atoms with E-state index in [9.17, 15) is 14.4 Å². The Balaban J connectivity index is 1.21. The molecule has 0 aliphatic carbocycles. The number of para-hydroxylation sites is 1. The molecule has 0 radical (unpaired) electrons. The fraction of sp³-hybridized carbons (Fsp3) is 0.591. The highest BCUT2D eigenvalue weighted by Gasteiger charge is 2.37. The van der Waals surface area contributed by atoms with Crippen molar-refractivity contribution in [1.82, 2.24) is 20.6 Å². The number of anilines is 1. The third kappa shape index (κ3) is 4.97. The number of hydrogen-bond acceptors (Lipinski definition) is 7. The van der Waals surface area contributed by atoms with E-state index in [1.54, 1.807) is 5.48 Å². The molecule has 3 atom stereocenters. The molecule has 0 spiro atoms. The molecule has 0 saturated carbocycles. The van der Waals surface area contributed by atoms with Crippen molar-refractivity contribution in [3.63, 3.8) is 0 Å². The summed E-state index contributed by atoms with van der Waals surface area (Å²) in [5.74, 6) is -0.499. The van der Waals surface area contributed by atoms with Crippen LogP contribution in [0.4, 0.5) is 10.5 Å². The van der Waals surface area contributed by atoms with Crippen molar-refractivity contribution < 1.29 is 24.3 Å². The van der Waals surface area contributed by atoms with Gasteiger partial charge in [0.2, 0.25) is 5.91 Å². The highest BCUT2D eigenvalue weighted by molar-refractivity contribution is 5.85. The first-order valence-corrected chi connectivity index (χ1v) is 11.3. The average molecular weight is 446 g/mol. The predicted molar refractivity (Wildman–Crippen MR) is 116 cm³/mol. The summed E-state index contributed by atoms with van der Waals surface area (Å²) >= 11 is 0. The molecule has 3 amide bonds. The van der Waals surface area contributed by atoms with Gasteiger partial charge in [-0.25, -0.2) is 10.3 Å². The highest BCUT2D eigenvalue weighted by atomic mass is 16.6. The minimum atomic E-state index is -0.701. The molecule has 0 aromatic heterocycles. The third-order valence-electron chi connectivity index (χ3n) is 6.55. The molecule has 10 heteroatoms. The first-order valence-electron chi connectivity index (χ1n) is 11.3. The van der Waals surface area contributed by atoms with Crippen LogP contribution in [0.3, 0.4) is 0 Å². The van der Waals surface area contributed by atoms with Gasteiger partial charge in [-0.1, -0.05) is 18.2 Å². The summed E-state index contributed by atoms with van der Waals surface area (Å²) in [5, 5.41) is 12.1. The Morgan fingerprint density at radius 3 is 2.41 bits per heavy atom. The van der Waals surface area contributed by atoms with E-state index in [1.807, 2.05) is 23.1 Å². The van der Waals surface area contributed by atoms with Gasteiger partial charge < -0.3 is 19.9 Å². The first-order chi connectivity index (χ1) is 15.6. The summed E-state index contributed by atoms with van der Waals surface area (Å²) in [4.78, 5) is 42.7. The van der Waals surface area contributed by atoms with Crippen LogP contribution in [0, 0.1) is 0 Å². The second kappa shape index (κ2) is 10.2. The molecule has 174 valence electrons. The Hall–Kier alpha value is -2.85. The summed E-state index contributed by atoms with van der Waals surface area (Å²) in [6.45, 7) is 3.81. The fourth-order valence-electron chi connectivity index (χ4n) is 4.73. The van der Waals surface area contributed by atoms with Gasteiger partial charge in [-0.15, -0.1) is 0 Å². The zero-order valence-electron chi connectivity index (χ0n) is 18.1. The molecule has 3 aliphatic rings. The van der Waals surface area contributed by atoms with Crippen LogP contribution in [-0.4, -0.2) is 90.4 Å². The summed E-state index contributed by atoms with van der Waals surface area (Å²) in [7, 11) is 0. The van der Waals surface area contributed by atoms with Crippen LogP contribution in [0.2, 0.25) is 0 Å². The molecule has 3 N–H and O–H groups in total. The van der Waals surface area contributed by atoms with E-state index < -0.39 is 18.0 Å². The number of ether oxygens (including phenoxy) is 1. The highest BCUT2D eigenvalue weighted by Crippen LogP contribution is 2.22. The molecule has 1 unspecified atom stereocenters. The van der Waals surface area contributed by atoms with Crippen molar-refractivity contribution in [2.75, 3.05) is 44.2 Å². The molecular weight excluding hydrogens is 414 g/mol. The van der Waals surface area contributed by atoms with E-state index >= 15 is 0 Å². The number of piperidine rings is 1. The Kier molecular flexibility index (Phi) is 7.11. The van der Waals surface area contributed by atoms with Crippen LogP contribution < -0.4 is 15.7 Å². The van der Waals surface area contributed by atoms with E-state index in [1.165, 1.54) is 10.6 Å². The van der Waals surface area contributed by atoms with Crippen LogP contribution in [0.15, 0.2) is 30.3 Å². The average Bonchev–Trinajstić information content (AvgIpc) is 3.34. The molecule has 32 heavy (non-hydrogen) atoms. The SMILES string of the molecule is O=C(NO)[C@@H]1CCCN1C(=O)OC1CC[C@@H](C(=O)N2CCN(c3ccccc3)CC2)NC1. The maximum absolute atomic E-state index is 12.9.